The van der Waals surface area contributed by atoms with Crippen LogP contribution in [-0.4, -0.2) is 38.7 Å². The summed E-state index contributed by atoms with van der Waals surface area (Å²) in [6.07, 6.45) is 5.19. The van der Waals surface area contributed by atoms with Gasteiger partial charge in [0.25, 0.3) is 0 Å². The SMILES string of the molecule is CN(C)c1ncccc1CNc1nccn2c(-c3cccc(F)c3)nnc12. The number of fused-ring (bicyclic) bond motifs is 1. The zero-order valence-corrected chi connectivity index (χ0v) is 15.0. The molecule has 0 aliphatic carbocycles. The minimum atomic E-state index is -0.315. The fraction of sp³-hybridized carbons (Fsp3) is 0.158. The molecule has 7 nitrogen and oxygen atoms in total. The third kappa shape index (κ3) is 3.29. The number of halogens is 1. The van der Waals surface area contributed by atoms with E-state index in [-0.39, 0.29) is 5.82 Å². The van der Waals surface area contributed by atoms with Crippen molar-refractivity contribution in [1.82, 2.24) is 24.6 Å². The van der Waals surface area contributed by atoms with Gasteiger partial charge >= 0.3 is 0 Å². The van der Waals surface area contributed by atoms with Gasteiger partial charge in [-0.15, -0.1) is 10.2 Å². The van der Waals surface area contributed by atoms with Gasteiger partial charge in [0.05, 0.1) is 0 Å². The predicted molar refractivity (Wildman–Crippen MR) is 102 cm³/mol. The molecule has 0 spiro atoms. The van der Waals surface area contributed by atoms with Crippen LogP contribution in [0.3, 0.4) is 0 Å². The number of nitrogens with zero attached hydrogens (tertiary/aromatic N) is 6. The van der Waals surface area contributed by atoms with Crippen LogP contribution in [0.15, 0.2) is 55.0 Å². The molecule has 3 heterocycles. The van der Waals surface area contributed by atoms with Crippen molar-refractivity contribution in [1.29, 1.82) is 0 Å². The first-order chi connectivity index (χ1) is 13.1. The maximum atomic E-state index is 13.6. The lowest BCUT2D eigenvalue weighted by Gasteiger charge is -2.16. The summed E-state index contributed by atoms with van der Waals surface area (Å²) >= 11 is 0. The zero-order valence-electron chi connectivity index (χ0n) is 15.0. The van der Waals surface area contributed by atoms with Gasteiger partial charge in [-0.1, -0.05) is 18.2 Å². The van der Waals surface area contributed by atoms with Crippen LogP contribution in [0.2, 0.25) is 0 Å². The Morgan fingerprint density at radius 1 is 1.07 bits per heavy atom. The van der Waals surface area contributed by atoms with E-state index in [0.29, 0.717) is 29.4 Å². The van der Waals surface area contributed by atoms with Crippen LogP contribution < -0.4 is 10.2 Å². The number of rotatable bonds is 5. The molecule has 0 saturated carbocycles. The molecule has 0 aliphatic heterocycles. The Morgan fingerprint density at radius 2 is 1.96 bits per heavy atom. The van der Waals surface area contributed by atoms with Crippen molar-refractivity contribution in [3.8, 4) is 11.4 Å². The molecular weight excluding hydrogens is 345 g/mol. The molecule has 0 saturated heterocycles. The lowest BCUT2D eigenvalue weighted by Crippen LogP contribution is -2.15. The fourth-order valence-corrected chi connectivity index (χ4v) is 2.93. The summed E-state index contributed by atoms with van der Waals surface area (Å²) in [5.41, 5.74) is 2.27. The Bertz CT molecular complexity index is 1090. The third-order valence-electron chi connectivity index (χ3n) is 4.15. The highest BCUT2D eigenvalue weighted by Gasteiger charge is 2.13. The molecule has 4 rings (SSSR count). The Morgan fingerprint density at radius 3 is 2.78 bits per heavy atom. The number of benzene rings is 1. The van der Waals surface area contributed by atoms with Crippen molar-refractivity contribution in [2.45, 2.75) is 6.54 Å². The summed E-state index contributed by atoms with van der Waals surface area (Å²) in [5, 5.41) is 11.7. The molecule has 3 aromatic heterocycles. The van der Waals surface area contributed by atoms with E-state index in [4.69, 9.17) is 0 Å². The number of hydrogen-bond donors (Lipinski definition) is 1. The van der Waals surface area contributed by atoms with Crippen molar-refractivity contribution in [3.05, 3.63) is 66.4 Å². The Hall–Kier alpha value is -3.55. The number of anilines is 2. The summed E-state index contributed by atoms with van der Waals surface area (Å²) in [5.74, 6) is 1.73. The summed E-state index contributed by atoms with van der Waals surface area (Å²) in [7, 11) is 3.91. The van der Waals surface area contributed by atoms with Crippen LogP contribution in [0.1, 0.15) is 5.56 Å². The highest BCUT2D eigenvalue weighted by atomic mass is 19.1. The summed E-state index contributed by atoms with van der Waals surface area (Å²) < 4.78 is 15.3. The van der Waals surface area contributed by atoms with Gasteiger partial charge in [0.1, 0.15) is 11.6 Å². The van der Waals surface area contributed by atoms with Crippen molar-refractivity contribution < 1.29 is 4.39 Å². The van der Waals surface area contributed by atoms with Crippen LogP contribution in [0.25, 0.3) is 17.0 Å². The lowest BCUT2D eigenvalue weighted by molar-refractivity contribution is 0.628. The molecule has 136 valence electrons. The summed E-state index contributed by atoms with van der Waals surface area (Å²) in [4.78, 5) is 10.7. The van der Waals surface area contributed by atoms with Gasteiger partial charge in [-0.25, -0.2) is 14.4 Å². The van der Waals surface area contributed by atoms with E-state index in [2.05, 4.69) is 25.5 Å². The first kappa shape index (κ1) is 16.9. The molecule has 1 N–H and O–H groups in total. The fourth-order valence-electron chi connectivity index (χ4n) is 2.93. The summed E-state index contributed by atoms with van der Waals surface area (Å²) in [6, 6.07) is 10.2. The normalized spacial score (nSPS) is 10.9. The van der Waals surface area contributed by atoms with E-state index in [0.717, 1.165) is 11.4 Å². The number of pyridine rings is 1. The lowest BCUT2D eigenvalue weighted by atomic mass is 10.2. The zero-order chi connectivity index (χ0) is 18.8. The maximum absolute atomic E-state index is 13.6. The van der Waals surface area contributed by atoms with Crippen molar-refractivity contribution >= 4 is 17.3 Å². The van der Waals surface area contributed by atoms with Crippen LogP contribution in [-0.2, 0) is 6.54 Å². The second-order valence-corrected chi connectivity index (χ2v) is 6.24. The topological polar surface area (TPSA) is 71.2 Å². The van der Waals surface area contributed by atoms with Gasteiger partial charge in [-0.3, -0.25) is 4.40 Å². The number of hydrogen-bond acceptors (Lipinski definition) is 6. The second kappa shape index (κ2) is 6.99. The Balaban J connectivity index is 1.66. The van der Waals surface area contributed by atoms with E-state index in [1.807, 2.05) is 31.1 Å². The molecule has 0 atom stereocenters. The molecule has 0 fully saturated rings. The third-order valence-corrected chi connectivity index (χ3v) is 4.15. The molecule has 27 heavy (non-hydrogen) atoms. The molecular formula is C19H18FN7. The minimum absolute atomic E-state index is 0.315. The van der Waals surface area contributed by atoms with Gasteiger partial charge < -0.3 is 10.2 Å². The van der Waals surface area contributed by atoms with Crippen molar-refractivity contribution in [3.63, 3.8) is 0 Å². The second-order valence-electron chi connectivity index (χ2n) is 6.24. The standard InChI is InChI=1S/C19H18FN7/c1-26(2)17-14(6-4-8-22-17)12-23-16-19-25-24-18(27(19)10-9-21-16)13-5-3-7-15(20)11-13/h3-11H,12H2,1-2H3,(H,21,23). The van der Waals surface area contributed by atoms with E-state index >= 15 is 0 Å². The molecule has 0 radical (unpaired) electrons. The molecule has 0 aliphatic rings. The highest BCUT2D eigenvalue weighted by Crippen LogP contribution is 2.22. The molecule has 8 heteroatoms. The van der Waals surface area contributed by atoms with Gasteiger partial charge in [0.15, 0.2) is 11.6 Å². The molecule has 0 amide bonds. The largest absolute Gasteiger partial charge is 0.363 e. The van der Waals surface area contributed by atoms with Crippen LogP contribution in [0.5, 0.6) is 0 Å². The maximum Gasteiger partial charge on any atom is 0.203 e. The average Bonchev–Trinajstić information content (AvgIpc) is 3.11. The van der Waals surface area contributed by atoms with Gasteiger partial charge in [-0.2, -0.15) is 0 Å². The van der Waals surface area contributed by atoms with E-state index in [1.54, 1.807) is 35.1 Å². The number of aromatic nitrogens is 5. The monoisotopic (exact) mass is 363 g/mol. The quantitative estimate of drug-likeness (QED) is 0.588. The molecule has 0 unspecified atom stereocenters. The van der Waals surface area contributed by atoms with Crippen LogP contribution in [0, 0.1) is 5.82 Å². The molecule has 0 bridgehead atoms. The van der Waals surface area contributed by atoms with Crippen molar-refractivity contribution in [2.24, 2.45) is 0 Å². The predicted octanol–water partition coefficient (Wildman–Crippen LogP) is 3.00. The minimum Gasteiger partial charge on any atom is -0.363 e. The molecule has 4 aromatic rings. The smallest absolute Gasteiger partial charge is 0.203 e. The van der Waals surface area contributed by atoms with Crippen LogP contribution in [0.4, 0.5) is 16.0 Å². The van der Waals surface area contributed by atoms with E-state index in [1.165, 1.54) is 12.1 Å². The highest BCUT2D eigenvalue weighted by molar-refractivity contribution is 5.68. The first-order valence-corrected chi connectivity index (χ1v) is 8.44. The number of nitrogens with one attached hydrogen (secondary N) is 1. The van der Waals surface area contributed by atoms with Gasteiger partial charge in [0, 0.05) is 50.4 Å². The van der Waals surface area contributed by atoms with E-state index < -0.39 is 0 Å². The van der Waals surface area contributed by atoms with Gasteiger partial charge in [-0.05, 0) is 18.2 Å². The van der Waals surface area contributed by atoms with E-state index in [9.17, 15) is 4.39 Å². The molecule has 1 aromatic carbocycles. The Kier molecular flexibility index (Phi) is 4.37. The first-order valence-electron chi connectivity index (χ1n) is 8.44. The average molecular weight is 363 g/mol. The Labute approximate surface area is 155 Å². The van der Waals surface area contributed by atoms with Crippen LogP contribution >= 0.6 is 0 Å². The summed E-state index contributed by atoms with van der Waals surface area (Å²) in [6.45, 7) is 0.538. The van der Waals surface area contributed by atoms with Gasteiger partial charge in [0.2, 0.25) is 5.65 Å². The van der Waals surface area contributed by atoms with Crippen molar-refractivity contribution in [2.75, 3.05) is 24.3 Å².